The van der Waals surface area contributed by atoms with Crippen LogP contribution in [0.25, 0.3) is 0 Å². The van der Waals surface area contributed by atoms with Gasteiger partial charge in [-0.05, 0) is 37.8 Å². The lowest BCUT2D eigenvalue weighted by molar-refractivity contribution is 0.245. The molecule has 0 bridgehead atoms. The molecule has 1 aliphatic rings. The number of rotatable bonds is 2. The van der Waals surface area contributed by atoms with E-state index in [1.165, 1.54) is 0 Å². The van der Waals surface area contributed by atoms with E-state index in [4.69, 9.17) is 10.5 Å². The summed E-state index contributed by atoms with van der Waals surface area (Å²) < 4.78 is 5.14. The van der Waals surface area contributed by atoms with Gasteiger partial charge in [-0.1, -0.05) is 0 Å². The average molecular weight is 207 g/mol. The molecule has 0 aromatic heterocycles. The number of phenols is 1. The molecule has 1 fully saturated rings. The molecule has 1 aromatic carbocycles. The van der Waals surface area contributed by atoms with Crippen molar-refractivity contribution in [2.45, 2.75) is 31.7 Å². The molecule has 1 aliphatic carbocycles. The summed E-state index contributed by atoms with van der Waals surface area (Å²) in [6, 6.07) is 3.59. The highest BCUT2D eigenvalue weighted by Gasteiger charge is 2.36. The fraction of sp³-hybridized carbons (Fsp3) is 0.500. The molecule has 1 saturated carbocycles. The SMILES string of the molecule is COc1cc(O)c(C2(N)CCC2)cc1C. The number of benzene rings is 1. The van der Waals surface area contributed by atoms with Crippen LogP contribution in [0, 0.1) is 6.92 Å². The van der Waals surface area contributed by atoms with E-state index in [0.29, 0.717) is 5.75 Å². The van der Waals surface area contributed by atoms with Gasteiger partial charge in [-0.2, -0.15) is 0 Å². The van der Waals surface area contributed by atoms with Crippen LogP contribution in [0.5, 0.6) is 11.5 Å². The van der Waals surface area contributed by atoms with Crippen LogP contribution in [0.1, 0.15) is 30.4 Å². The highest BCUT2D eigenvalue weighted by atomic mass is 16.5. The molecule has 2 rings (SSSR count). The van der Waals surface area contributed by atoms with Crippen molar-refractivity contribution >= 4 is 0 Å². The predicted octanol–water partition coefficient (Wildman–Crippen LogP) is 2.05. The molecule has 3 N–H and O–H groups in total. The second-order valence-electron chi connectivity index (χ2n) is 4.35. The highest BCUT2D eigenvalue weighted by molar-refractivity contribution is 5.48. The number of methoxy groups -OCH3 is 1. The van der Waals surface area contributed by atoms with E-state index in [0.717, 1.165) is 30.4 Å². The normalized spacial score (nSPS) is 18.3. The van der Waals surface area contributed by atoms with E-state index in [-0.39, 0.29) is 11.3 Å². The second kappa shape index (κ2) is 3.42. The van der Waals surface area contributed by atoms with Gasteiger partial charge in [-0.25, -0.2) is 0 Å². The molecule has 0 aliphatic heterocycles. The summed E-state index contributed by atoms with van der Waals surface area (Å²) in [5, 5.41) is 9.89. The zero-order valence-corrected chi connectivity index (χ0v) is 9.21. The maximum atomic E-state index is 9.89. The van der Waals surface area contributed by atoms with Gasteiger partial charge in [0.1, 0.15) is 11.5 Å². The first-order valence-corrected chi connectivity index (χ1v) is 5.24. The summed E-state index contributed by atoms with van der Waals surface area (Å²) in [5.74, 6) is 0.957. The van der Waals surface area contributed by atoms with Crippen molar-refractivity contribution in [3.8, 4) is 11.5 Å². The molecule has 1 aromatic rings. The molecule has 0 amide bonds. The van der Waals surface area contributed by atoms with E-state index in [2.05, 4.69) is 0 Å². The Kier molecular flexibility index (Phi) is 2.35. The summed E-state index contributed by atoms with van der Waals surface area (Å²) in [5.41, 5.74) is 7.74. The quantitative estimate of drug-likeness (QED) is 0.780. The van der Waals surface area contributed by atoms with E-state index in [9.17, 15) is 5.11 Å². The van der Waals surface area contributed by atoms with Gasteiger partial charge >= 0.3 is 0 Å². The van der Waals surface area contributed by atoms with Crippen molar-refractivity contribution in [3.63, 3.8) is 0 Å². The molecular formula is C12H17NO2. The van der Waals surface area contributed by atoms with Gasteiger partial charge in [0.25, 0.3) is 0 Å². The Morgan fingerprint density at radius 1 is 1.40 bits per heavy atom. The fourth-order valence-corrected chi connectivity index (χ4v) is 2.12. The van der Waals surface area contributed by atoms with Crippen molar-refractivity contribution in [2.75, 3.05) is 7.11 Å². The third-order valence-corrected chi connectivity index (χ3v) is 3.30. The smallest absolute Gasteiger partial charge is 0.125 e. The van der Waals surface area contributed by atoms with Crippen LogP contribution in [0.2, 0.25) is 0 Å². The van der Waals surface area contributed by atoms with E-state index in [1.54, 1.807) is 13.2 Å². The minimum Gasteiger partial charge on any atom is -0.507 e. The molecule has 0 saturated heterocycles. The molecule has 82 valence electrons. The molecule has 3 nitrogen and oxygen atoms in total. The minimum atomic E-state index is -0.318. The van der Waals surface area contributed by atoms with Gasteiger partial charge in [0.2, 0.25) is 0 Å². The van der Waals surface area contributed by atoms with Crippen LogP contribution in [0.4, 0.5) is 0 Å². The molecule has 3 heteroatoms. The molecule has 15 heavy (non-hydrogen) atoms. The van der Waals surface area contributed by atoms with E-state index < -0.39 is 0 Å². The van der Waals surface area contributed by atoms with Crippen molar-refractivity contribution in [2.24, 2.45) is 5.73 Å². The Bertz CT molecular complexity index is 383. The second-order valence-corrected chi connectivity index (χ2v) is 4.35. The molecule has 0 unspecified atom stereocenters. The Hall–Kier alpha value is -1.22. The van der Waals surface area contributed by atoms with Gasteiger partial charge in [-0.15, -0.1) is 0 Å². The molecule has 0 spiro atoms. The Balaban J connectivity index is 2.45. The molecule has 0 radical (unpaired) electrons. The first-order valence-electron chi connectivity index (χ1n) is 5.24. The van der Waals surface area contributed by atoms with Gasteiger partial charge in [0, 0.05) is 17.2 Å². The minimum absolute atomic E-state index is 0.250. The number of hydrogen-bond donors (Lipinski definition) is 2. The van der Waals surface area contributed by atoms with Gasteiger partial charge < -0.3 is 15.6 Å². The summed E-state index contributed by atoms with van der Waals surface area (Å²) in [6.45, 7) is 1.96. The molecule has 0 atom stereocenters. The van der Waals surface area contributed by atoms with Crippen LogP contribution in [0.15, 0.2) is 12.1 Å². The standard InChI is InChI=1S/C12H17NO2/c1-8-6-9(12(13)4-3-5-12)10(14)7-11(8)15-2/h6-7,14H,3-5,13H2,1-2H3. The third kappa shape index (κ3) is 1.57. The van der Waals surface area contributed by atoms with Crippen LogP contribution in [-0.4, -0.2) is 12.2 Å². The first kappa shape index (κ1) is 10.3. The zero-order chi connectivity index (χ0) is 11.1. The summed E-state index contributed by atoms with van der Waals surface area (Å²) >= 11 is 0. The number of hydrogen-bond acceptors (Lipinski definition) is 3. The van der Waals surface area contributed by atoms with Crippen LogP contribution in [-0.2, 0) is 5.54 Å². The number of aryl methyl sites for hydroxylation is 1. The highest BCUT2D eigenvalue weighted by Crippen LogP contribution is 2.44. The van der Waals surface area contributed by atoms with Crippen LogP contribution >= 0.6 is 0 Å². The third-order valence-electron chi connectivity index (χ3n) is 3.30. The summed E-state index contributed by atoms with van der Waals surface area (Å²) in [7, 11) is 1.60. The lowest BCUT2D eigenvalue weighted by Crippen LogP contribution is -2.43. The lowest BCUT2D eigenvalue weighted by Gasteiger charge is -2.39. The summed E-state index contributed by atoms with van der Waals surface area (Å²) in [6.07, 6.45) is 3.04. The maximum Gasteiger partial charge on any atom is 0.125 e. The van der Waals surface area contributed by atoms with Crippen molar-refractivity contribution in [1.29, 1.82) is 0 Å². The van der Waals surface area contributed by atoms with E-state index in [1.807, 2.05) is 13.0 Å². The predicted molar refractivity (Wildman–Crippen MR) is 59.1 cm³/mol. The van der Waals surface area contributed by atoms with Crippen LogP contribution in [0.3, 0.4) is 0 Å². The average Bonchev–Trinajstić information content (AvgIpc) is 2.17. The Morgan fingerprint density at radius 2 is 2.07 bits per heavy atom. The number of nitrogens with two attached hydrogens (primary N) is 1. The molecule has 0 heterocycles. The van der Waals surface area contributed by atoms with Gasteiger partial charge in [0.05, 0.1) is 7.11 Å². The van der Waals surface area contributed by atoms with Gasteiger partial charge in [-0.3, -0.25) is 0 Å². The van der Waals surface area contributed by atoms with Crippen molar-refractivity contribution in [1.82, 2.24) is 0 Å². The van der Waals surface area contributed by atoms with Crippen molar-refractivity contribution < 1.29 is 9.84 Å². The fourth-order valence-electron chi connectivity index (χ4n) is 2.12. The maximum absolute atomic E-state index is 9.89. The summed E-state index contributed by atoms with van der Waals surface area (Å²) in [4.78, 5) is 0. The number of phenolic OH excluding ortho intramolecular Hbond substituents is 1. The topological polar surface area (TPSA) is 55.5 Å². The Morgan fingerprint density at radius 3 is 2.53 bits per heavy atom. The van der Waals surface area contributed by atoms with Gasteiger partial charge in [0.15, 0.2) is 0 Å². The zero-order valence-electron chi connectivity index (χ0n) is 9.21. The van der Waals surface area contributed by atoms with Crippen LogP contribution < -0.4 is 10.5 Å². The first-order chi connectivity index (χ1) is 7.07. The van der Waals surface area contributed by atoms with E-state index >= 15 is 0 Å². The van der Waals surface area contributed by atoms with Crippen molar-refractivity contribution in [3.05, 3.63) is 23.3 Å². The Labute approximate surface area is 89.9 Å². The largest absolute Gasteiger partial charge is 0.507 e. The monoisotopic (exact) mass is 207 g/mol. The number of ether oxygens (including phenoxy) is 1. The lowest BCUT2D eigenvalue weighted by atomic mass is 9.72. The molecular weight excluding hydrogens is 190 g/mol. The number of aromatic hydroxyl groups is 1.